The van der Waals surface area contributed by atoms with E-state index in [0.717, 1.165) is 37.6 Å². The van der Waals surface area contributed by atoms with Crippen LogP contribution in [0.2, 0.25) is 0 Å². The first kappa shape index (κ1) is 18.7. The van der Waals surface area contributed by atoms with Crippen molar-refractivity contribution in [3.8, 4) is 11.5 Å². The fourth-order valence-corrected chi connectivity index (χ4v) is 3.90. The molecule has 0 aromatic heterocycles. The number of thioether (sulfide) groups is 1. The minimum Gasteiger partial charge on any atom is -0.486 e. The second kappa shape index (κ2) is 7.51. The molecule has 6 heteroatoms. The second-order valence-electron chi connectivity index (χ2n) is 6.90. The Hall–Kier alpha value is -0.620. The van der Waals surface area contributed by atoms with Crippen LogP contribution in [0.4, 0.5) is 0 Å². The lowest BCUT2D eigenvalue weighted by Crippen LogP contribution is -2.52. The SMILES string of the molecule is CSc1cc2c(cc1CN1CCC(N)C(C)(C)C1)OCCO2.Cl. The number of piperidine rings is 1. The molecule has 4 nitrogen and oxygen atoms in total. The van der Waals surface area contributed by atoms with Gasteiger partial charge < -0.3 is 15.2 Å². The highest BCUT2D eigenvalue weighted by Crippen LogP contribution is 2.38. The van der Waals surface area contributed by atoms with Gasteiger partial charge >= 0.3 is 0 Å². The van der Waals surface area contributed by atoms with Crippen LogP contribution in [-0.2, 0) is 6.54 Å². The Kier molecular flexibility index (Phi) is 6.11. The third-order valence-electron chi connectivity index (χ3n) is 4.73. The van der Waals surface area contributed by atoms with Crippen LogP contribution in [0.1, 0.15) is 25.8 Å². The number of benzene rings is 1. The maximum absolute atomic E-state index is 6.25. The number of halogens is 1. The summed E-state index contributed by atoms with van der Waals surface area (Å²) >= 11 is 1.77. The molecule has 1 atom stereocenters. The predicted octanol–water partition coefficient (Wildman–Crippen LogP) is 3.16. The van der Waals surface area contributed by atoms with Gasteiger partial charge in [-0.05, 0) is 35.8 Å². The van der Waals surface area contributed by atoms with E-state index in [0.29, 0.717) is 19.3 Å². The number of rotatable bonds is 3. The Labute approximate surface area is 149 Å². The van der Waals surface area contributed by atoms with Crippen LogP contribution < -0.4 is 15.2 Å². The van der Waals surface area contributed by atoms with Gasteiger partial charge in [-0.2, -0.15) is 0 Å². The summed E-state index contributed by atoms with van der Waals surface area (Å²) in [5.41, 5.74) is 7.74. The summed E-state index contributed by atoms with van der Waals surface area (Å²) in [6.45, 7) is 8.85. The third-order valence-corrected chi connectivity index (χ3v) is 5.55. The van der Waals surface area contributed by atoms with Gasteiger partial charge in [-0.25, -0.2) is 0 Å². The van der Waals surface area contributed by atoms with E-state index >= 15 is 0 Å². The van der Waals surface area contributed by atoms with Crippen molar-refractivity contribution >= 4 is 24.2 Å². The maximum Gasteiger partial charge on any atom is 0.162 e. The van der Waals surface area contributed by atoms with Crippen molar-refractivity contribution in [2.45, 2.75) is 37.8 Å². The first-order valence-corrected chi connectivity index (χ1v) is 9.16. The molecular formula is C17H27ClN2O2S. The number of nitrogens with zero attached hydrogens (tertiary/aromatic N) is 1. The quantitative estimate of drug-likeness (QED) is 0.841. The molecule has 0 saturated carbocycles. The minimum absolute atomic E-state index is 0. The number of likely N-dealkylation sites (tertiary alicyclic amines) is 1. The van der Waals surface area contributed by atoms with Crippen molar-refractivity contribution in [3.63, 3.8) is 0 Å². The Bertz CT molecular complexity index is 554. The highest BCUT2D eigenvalue weighted by molar-refractivity contribution is 7.98. The lowest BCUT2D eigenvalue weighted by molar-refractivity contribution is 0.0890. The summed E-state index contributed by atoms with van der Waals surface area (Å²) < 4.78 is 11.4. The molecule has 0 spiro atoms. The third kappa shape index (κ3) is 4.08. The first-order valence-electron chi connectivity index (χ1n) is 7.94. The molecule has 2 heterocycles. The summed E-state index contributed by atoms with van der Waals surface area (Å²) in [4.78, 5) is 3.78. The monoisotopic (exact) mass is 358 g/mol. The zero-order chi connectivity index (χ0) is 15.7. The molecule has 1 aromatic rings. The summed E-state index contributed by atoms with van der Waals surface area (Å²) in [5.74, 6) is 1.76. The smallest absolute Gasteiger partial charge is 0.162 e. The first-order chi connectivity index (χ1) is 10.5. The molecule has 2 aliphatic heterocycles. The molecule has 0 bridgehead atoms. The molecule has 1 aromatic carbocycles. The summed E-state index contributed by atoms with van der Waals surface area (Å²) in [6.07, 6.45) is 3.18. The number of nitrogens with two attached hydrogens (primary N) is 1. The van der Waals surface area contributed by atoms with Gasteiger partial charge in [-0.1, -0.05) is 13.8 Å². The average Bonchev–Trinajstić information content (AvgIpc) is 2.50. The van der Waals surface area contributed by atoms with Crippen LogP contribution in [0, 0.1) is 5.41 Å². The molecule has 23 heavy (non-hydrogen) atoms. The molecule has 3 rings (SSSR count). The van der Waals surface area contributed by atoms with Gasteiger partial charge in [0.15, 0.2) is 11.5 Å². The normalized spacial score (nSPS) is 23.2. The van der Waals surface area contributed by atoms with Crippen LogP contribution in [0.25, 0.3) is 0 Å². The van der Waals surface area contributed by atoms with E-state index in [-0.39, 0.29) is 17.8 Å². The summed E-state index contributed by atoms with van der Waals surface area (Å²) in [6, 6.07) is 4.57. The van der Waals surface area contributed by atoms with Gasteiger partial charge in [0.05, 0.1) is 0 Å². The van der Waals surface area contributed by atoms with Crippen LogP contribution >= 0.6 is 24.2 Å². The molecule has 1 saturated heterocycles. The summed E-state index contributed by atoms with van der Waals surface area (Å²) in [5, 5.41) is 0. The second-order valence-corrected chi connectivity index (χ2v) is 7.75. The number of ether oxygens (including phenoxy) is 2. The topological polar surface area (TPSA) is 47.7 Å². The maximum atomic E-state index is 6.25. The van der Waals surface area contributed by atoms with E-state index in [1.165, 1.54) is 10.5 Å². The Morgan fingerprint density at radius 3 is 2.52 bits per heavy atom. The van der Waals surface area contributed by atoms with Gasteiger partial charge in [0.1, 0.15) is 13.2 Å². The van der Waals surface area contributed by atoms with Crippen molar-refractivity contribution < 1.29 is 9.47 Å². The lowest BCUT2D eigenvalue weighted by atomic mass is 9.79. The molecule has 2 N–H and O–H groups in total. The zero-order valence-corrected chi connectivity index (χ0v) is 15.8. The van der Waals surface area contributed by atoms with E-state index in [2.05, 4.69) is 37.1 Å². The fourth-order valence-electron chi connectivity index (χ4n) is 3.29. The van der Waals surface area contributed by atoms with Gasteiger partial charge in [0.25, 0.3) is 0 Å². The molecule has 0 radical (unpaired) electrons. The molecule has 1 unspecified atom stereocenters. The van der Waals surface area contributed by atoms with Crippen molar-refractivity contribution in [2.75, 3.05) is 32.6 Å². The molecule has 2 aliphatic rings. The van der Waals surface area contributed by atoms with E-state index in [1.54, 1.807) is 11.8 Å². The van der Waals surface area contributed by atoms with Crippen molar-refractivity contribution in [1.29, 1.82) is 0 Å². The standard InChI is InChI=1S/C17H26N2O2S.ClH/c1-17(2)11-19(5-4-16(17)18)10-12-8-13-14(9-15(12)22-3)21-7-6-20-13;/h8-9,16H,4-7,10-11,18H2,1-3H3;1H. The van der Waals surface area contributed by atoms with Gasteiger partial charge in [-0.3, -0.25) is 4.90 Å². The number of hydrogen-bond donors (Lipinski definition) is 1. The van der Waals surface area contributed by atoms with E-state index in [9.17, 15) is 0 Å². The highest BCUT2D eigenvalue weighted by atomic mass is 35.5. The van der Waals surface area contributed by atoms with E-state index in [1.807, 2.05) is 0 Å². The molecule has 130 valence electrons. The van der Waals surface area contributed by atoms with Gasteiger partial charge in [0, 0.05) is 30.6 Å². The van der Waals surface area contributed by atoms with Gasteiger partial charge in [0.2, 0.25) is 0 Å². The highest BCUT2D eigenvalue weighted by Gasteiger charge is 2.33. The Balaban J connectivity index is 0.00000192. The van der Waals surface area contributed by atoms with Gasteiger partial charge in [-0.15, -0.1) is 24.2 Å². The van der Waals surface area contributed by atoms with Crippen LogP contribution in [0.15, 0.2) is 17.0 Å². The van der Waals surface area contributed by atoms with E-state index < -0.39 is 0 Å². The number of hydrogen-bond acceptors (Lipinski definition) is 5. The molecule has 1 fully saturated rings. The van der Waals surface area contributed by atoms with Crippen molar-refractivity contribution in [2.24, 2.45) is 11.1 Å². The van der Waals surface area contributed by atoms with Crippen LogP contribution in [0.5, 0.6) is 11.5 Å². The largest absolute Gasteiger partial charge is 0.486 e. The van der Waals surface area contributed by atoms with Crippen molar-refractivity contribution in [3.05, 3.63) is 17.7 Å². The van der Waals surface area contributed by atoms with Crippen LogP contribution in [0.3, 0.4) is 0 Å². The molecular weight excluding hydrogens is 332 g/mol. The molecule has 0 aliphatic carbocycles. The van der Waals surface area contributed by atoms with E-state index in [4.69, 9.17) is 15.2 Å². The van der Waals surface area contributed by atoms with Crippen LogP contribution in [-0.4, -0.2) is 43.5 Å². The summed E-state index contributed by atoms with van der Waals surface area (Å²) in [7, 11) is 0. The Morgan fingerprint density at radius 1 is 1.26 bits per heavy atom. The predicted molar refractivity (Wildman–Crippen MR) is 98.1 cm³/mol. The Morgan fingerprint density at radius 2 is 1.91 bits per heavy atom. The average molecular weight is 359 g/mol. The lowest BCUT2D eigenvalue weighted by Gasteiger charge is -2.42. The number of fused-ring (bicyclic) bond motifs is 1. The fraction of sp³-hybridized carbons (Fsp3) is 0.647. The zero-order valence-electron chi connectivity index (χ0n) is 14.1. The molecule has 0 amide bonds. The van der Waals surface area contributed by atoms with Crippen molar-refractivity contribution in [1.82, 2.24) is 4.90 Å². The minimum atomic E-state index is 0.